The van der Waals surface area contributed by atoms with Gasteiger partial charge in [0.05, 0.1) is 0 Å². The molecule has 0 N–H and O–H groups in total. The number of hydrogen-bond acceptors (Lipinski definition) is 2. The molecule has 0 saturated heterocycles. The van der Waals surface area contributed by atoms with Crippen LogP contribution < -0.4 is 0 Å². The maximum Gasteiger partial charge on any atom is 0.137 e. The Morgan fingerprint density at radius 1 is 1.42 bits per heavy atom. The van der Waals surface area contributed by atoms with Crippen LogP contribution in [0, 0.1) is 5.82 Å². The first-order valence-corrected chi connectivity index (χ1v) is 6.36. The molecule has 0 atom stereocenters. The fraction of sp³-hybridized carbons (Fsp3) is 0.286. The Labute approximate surface area is 116 Å². The molecule has 1 heterocycles. The average molecular weight is 281 g/mol. The number of halogens is 2. The van der Waals surface area contributed by atoms with Crippen LogP contribution in [0.5, 0.6) is 0 Å². The molecule has 0 spiro atoms. The Bertz CT molecular complexity index is 595. The molecule has 0 aliphatic rings. The van der Waals surface area contributed by atoms with Crippen LogP contribution in [0.3, 0.4) is 0 Å². The van der Waals surface area contributed by atoms with Crippen molar-refractivity contribution in [2.45, 2.75) is 19.3 Å². The highest BCUT2D eigenvalue weighted by Gasteiger charge is 2.09. The lowest BCUT2D eigenvalue weighted by atomic mass is 10.0. The average Bonchev–Trinajstić information content (AvgIpc) is 2.76. The van der Waals surface area contributed by atoms with Crippen molar-refractivity contribution in [3.05, 3.63) is 52.6 Å². The third kappa shape index (κ3) is 3.64. The second-order valence-electron chi connectivity index (χ2n) is 4.40. The van der Waals surface area contributed by atoms with E-state index >= 15 is 0 Å². The number of aromatic nitrogens is 2. The lowest BCUT2D eigenvalue weighted by Gasteiger charge is -2.04. The van der Waals surface area contributed by atoms with Gasteiger partial charge < -0.3 is 0 Å². The molecular weight excluding hydrogens is 267 g/mol. The molecule has 3 nitrogen and oxygen atoms in total. The normalized spacial score (nSPS) is 10.7. The van der Waals surface area contributed by atoms with Crippen molar-refractivity contribution in [3.63, 3.8) is 0 Å². The minimum Gasteiger partial charge on any atom is -0.299 e. The van der Waals surface area contributed by atoms with Gasteiger partial charge in [-0.05, 0) is 30.2 Å². The van der Waals surface area contributed by atoms with Gasteiger partial charge in [0.15, 0.2) is 0 Å². The minimum atomic E-state index is -0.393. The summed E-state index contributed by atoms with van der Waals surface area (Å²) in [6.45, 7) is 0. The first-order valence-electron chi connectivity index (χ1n) is 5.99. The van der Waals surface area contributed by atoms with Gasteiger partial charge in [-0.2, -0.15) is 5.10 Å². The second kappa shape index (κ2) is 5.97. The van der Waals surface area contributed by atoms with Crippen molar-refractivity contribution in [1.82, 2.24) is 9.78 Å². The minimum absolute atomic E-state index is 0.0784. The Morgan fingerprint density at radius 2 is 2.21 bits per heavy atom. The van der Waals surface area contributed by atoms with Crippen LogP contribution in [-0.4, -0.2) is 15.6 Å². The number of hydrogen-bond donors (Lipinski definition) is 0. The molecule has 2 aromatic rings. The number of carbonyl (C=O) groups excluding carboxylic acids is 1. The van der Waals surface area contributed by atoms with E-state index in [0.717, 1.165) is 5.69 Å². The van der Waals surface area contributed by atoms with E-state index in [9.17, 15) is 9.18 Å². The summed E-state index contributed by atoms with van der Waals surface area (Å²) in [5.41, 5.74) is 1.68. The van der Waals surface area contributed by atoms with Crippen molar-refractivity contribution in [1.29, 1.82) is 0 Å². The van der Waals surface area contributed by atoms with Crippen molar-refractivity contribution in [2.24, 2.45) is 7.05 Å². The summed E-state index contributed by atoms with van der Waals surface area (Å²) in [6, 6.07) is 5.98. The van der Waals surface area contributed by atoms with Gasteiger partial charge in [0, 0.05) is 36.8 Å². The first-order chi connectivity index (χ1) is 9.06. The smallest absolute Gasteiger partial charge is 0.137 e. The van der Waals surface area contributed by atoms with E-state index in [1.54, 1.807) is 16.9 Å². The molecule has 0 unspecified atom stereocenters. The number of rotatable bonds is 5. The van der Waals surface area contributed by atoms with Gasteiger partial charge in [0.2, 0.25) is 0 Å². The van der Waals surface area contributed by atoms with Crippen LogP contribution in [-0.2, 0) is 24.7 Å². The van der Waals surface area contributed by atoms with E-state index in [4.69, 9.17) is 11.6 Å². The summed E-state index contributed by atoms with van der Waals surface area (Å²) in [4.78, 5) is 11.9. The van der Waals surface area contributed by atoms with Gasteiger partial charge in [-0.3, -0.25) is 9.48 Å². The largest absolute Gasteiger partial charge is 0.299 e. The SMILES string of the molecule is Cn1nccc1CCC(=O)Cc1ccc(F)cc1Cl. The Kier molecular flexibility index (Phi) is 4.32. The van der Waals surface area contributed by atoms with Crippen LogP contribution in [0.15, 0.2) is 30.5 Å². The third-order valence-electron chi connectivity index (χ3n) is 2.99. The third-order valence-corrected chi connectivity index (χ3v) is 3.34. The number of Topliss-reactive ketones (excluding diaryl/α,β-unsaturated/α-hetero) is 1. The van der Waals surface area contributed by atoms with Crippen LogP contribution in [0.1, 0.15) is 17.7 Å². The highest BCUT2D eigenvalue weighted by Crippen LogP contribution is 2.18. The van der Waals surface area contributed by atoms with Gasteiger partial charge in [-0.15, -0.1) is 0 Å². The van der Waals surface area contributed by atoms with E-state index in [-0.39, 0.29) is 12.2 Å². The summed E-state index contributed by atoms with van der Waals surface area (Å²) < 4.78 is 14.6. The van der Waals surface area contributed by atoms with Gasteiger partial charge in [-0.1, -0.05) is 17.7 Å². The number of ketones is 1. The van der Waals surface area contributed by atoms with Gasteiger partial charge in [0.25, 0.3) is 0 Å². The molecule has 19 heavy (non-hydrogen) atoms. The molecule has 2 rings (SSSR count). The van der Waals surface area contributed by atoms with E-state index in [1.165, 1.54) is 12.1 Å². The van der Waals surface area contributed by atoms with E-state index in [1.807, 2.05) is 13.1 Å². The standard InChI is InChI=1S/C14H14ClFN2O/c1-18-12(6-7-17-18)4-5-13(19)8-10-2-3-11(16)9-14(10)15/h2-3,6-7,9H,4-5,8H2,1H3. The summed E-state index contributed by atoms with van der Waals surface area (Å²) in [5, 5.41) is 4.34. The zero-order valence-corrected chi connectivity index (χ0v) is 11.3. The number of carbonyl (C=O) groups is 1. The predicted octanol–water partition coefficient (Wildman–Crippen LogP) is 2.96. The second-order valence-corrected chi connectivity index (χ2v) is 4.80. The Morgan fingerprint density at radius 3 is 2.84 bits per heavy atom. The monoisotopic (exact) mass is 280 g/mol. The van der Waals surface area contributed by atoms with Gasteiger partial charge >= 0.3 is 0 Å². The fourth-order valence-electron chi connectivity index (χ4n) is 1.88. The maximum atomic E-state index is 12.9. The molecule has 100 valence electrons. The maximum absolute atomic E-state index is 12.9. The number of benzene rings is 1. The van der Waals surface area contributed by atoms with Crippen molar-refractivity contribution < 1.29 is 9.18 Å². The molecule has 1 aromatic carbocycles. The summed E-state index contributed by atoms with van der Waals surface area (Å²) in [7, 11) is 1.84. The van der Waals surface area contributed by atoms with Crippen molar-refractivity contribution in [2.75, 3.05) is 0 Å². The molecule has 5 heteroatoms. The molecule has 0 radical (unpaired) electrons. The molecule has 0 aliphatic heterocycles. The molecule has 1 aromatic heterocycles. The fourth-order valence-corrected chi connectivity index (χ4v) is 2.11. The zero-order chi connectivity index (χ0) is 13.8. The highest BCUT2D eigenvalue weighted by molar-refractivity contribution is 6.31. The molecule has 0 saturated carbocycles. The summed E-state index contributed by atoms with van der Waals surface area (Å²) >= 11 is 5.89. The molecular formula is C14H14ClFN2O. The molecule has 0 amide bonds. The van der Waals surface area contributed by atoms with Crippen LogP contribution in [0.2, 0.25) is 5.02 Å². The number of aryl methyl sites for hydroxylation is 2. The van der Waals surface area contributed by atoms with Gasteiger partial charge in [0.1, 0.15) is 11.6 Å². The lowest BCUT2D eigenvalue weighted by molar-refractivity contribution is -0.118. The van der Waals surface area contributed by atoms with Crippen LogP contribution in [0.4, 0.5) is 4.39 Å². The molecule has 0 aliphatic carbocycles. The molecule has 0 fully saturated rings. The van der Waals surface area contributed by atoms with Crippen molar-refractivity contribution >= 4 is 17.4 Å². The Hall–Kier alpha value is -1.68. The van der Waals surface area contributed by atoms with Gasteiger partial charge in [-0.25, -0.2) is 4.39 Å². The van der Waals surface area contributed by atoms with E-state index < -0.39 is 5.82 Å². The zero-order valence-electron chi connectivity index (χ0n) is 10.6. The number of nitrogens with zero attached hydrogens (tertiary/aromatic N) is 2. The molecule has 0 bridgehead atoms. The first kappa shape index (κ1) is 13.7. The highest BCUT2D eigenvalue weighted by atomic mass is 35.5. The predicted molar refractivity (Wildman–Crippen MR) is 71.7 cm³/mol. The summed E-state index contributed by atoms with van der Waals surface area (Å²) in [6.07, 6.45) is 3.01. The lowest BCUT2D eigenvalue weighted by Crippen LogP contribution is -2.07. The summed E-state index contributed by atoms with van der Waals surface area (Å²) in [5.74, 6) is -0.314. The van der Waals surface area contributed by atoms with Crippen LogP contribution in [0.25, 0.3) is 0 Å². The van der Waals surface area contributed by atoms with Crippen molar-refractivity contribution in [3.8, 4) is 0 Å². The quantitative estimate of drug-likeness (QED) is 0.844. The Balaban J connectivity index is 1.93. The van der Waals surface area contributed by atoms with E-state index in [2.05, 4.69) is 5.10 Å². The topological polar surface area (TPSA) is 34.9 Å². The van der Waals surface area contributed by atoms with E-state index in [0.29, 0.717) is 23.4 Å². The van der Waals surface area contributed by atoms with Crippen LogP contribution >= 0.6 is 11.6 Å².